The Hall–Kier alpha value is -0.530. The van der Waals surface area contributed by atoms with Crippen molar-refractivity contribution in [3.05, 3.63) is 35.9 Å². The zero-order valence-corrected chi connectivity index (χ0v) is 9.78. The molecule has 0 N–H and O–H groups in total. The van der Waals surface area contributed by atoms with Gasteiger partial charge in [0.05, 0.1) is 12.2 Å². The summed E-state index contributed by atoms with van der Waals surface area (Å²) < 4.78 is 6.01. The number of alkyl halides is 1. The number of halogens is 1. The lowest BCUT2D eigenvalue weighted by Gasteiger charge is -2.32. The van der Waals surface area contributed by atoms with Crippen LogP contribution in [0, 0.1) is 0 Å². The second-order valence-electron chi connectivity index (χ2n) is 4.13. The van der Waals surface area contributed by atoms with E-state index in [1.54, 1.807) is 0 Å². The molecule has 3 atom stereocenters. The minimum atomic E-state index is 0.187. The van der Waals surface area contributed by atoms with Gasteiger partial charge in [0.1, 0.15) is 0 Å². The zero-order chi connectivity index (χ0) is 10.7. The molecule has 82 valence electrons. The smallest absolute Gasteiger partial charge is 0.0842 e. The van der Waals surface area contributed by atoms with Crippen LogP contribution in [0.2, 0.25) is 0 Å². The molecule has 1 heterocycles. The van der Waals surface area contributed by atoms with Crippen molar-refractivity contribution in [2.75, 3.05) is 0 Å². The molecule has 1 fully saturated rings. The summed E-state index contributed by atoms with van der Waals surface area (Å²) in [5.41, 5.74) is 1.25. The van der Waals surface area contributed by atoms with E-state index in [9.17, 15) is 0 Å². The van der Waals surface area contributed by atoms with Crippen LogP contribution in [-0.4, -0.2) is 11.5 Å². The average Bonchev–Trinajstić information content (AvgIpc) is 2.29. The minimum absolute atomic E-state index is 0.187. The van der Waals surface area contributed by atoms with Crippen molar-refractivity contribution in [2.24, 2.45) is 0 Å². The Morgan fingerprint density at radius 2 is 2.00 bits per heavy atom. The van der Waals surface area contributed by atoms with E-state index in [0.29, 0.717) is 6.10 Å². The lowest BCUT2D eigenvalue weighted by molar-refractivity contribution is -0.0507. The molecule has 0 bridgehead atoms. The fourth-order valence-corrected chi connectivity index (χ4v) is 2.46. The third-order valence-corrected chi connectivity index (χ3v) is 3.33. The Bertz CT molecular complexity index is 299. The molecule has 0 amide bonds. The molecule has 0 aliphatic carbocycles. The summed E-state index contributed by atoms with van der Waals surface area (Å²) in [6.45, 7) is 2.15. The van der Waals surface area contributed by atoms with Crippen molar-refractivity contribution >= 4 is 11.6 Å². The Balaban J connectivity index is 2.09. The summed E-state index contributed by atoms with van der Waals surface area (Å²) in [6, 6.07) is 10.4. The highest BCUT2D eigenvalue weighted by Gasteiger charge is 2.27. The van der Waals surface area contributed by atoms with E-state index in [2.05, 4.69) is 31.2 Å². The maximum absolute atomic E-state index is 6.25. The number of benzene rings is 1. The van der Waals surface area contributed by atoms with Gasteiger partial charge in [-0.3, -0.25) is 0 Å². The van der Waals surface area contributed by atoms with Gasteiger partial charge in [-0.1, -0.05) is 37.3 Å². The van der Waals surface area contributed by atoms with Crippen LogP contribution < -0.4 is 0 Å². The molecule has 1 aromatic rings. The molecule has 3 unspecified atom stereocenters. The molecule has 1 saturated heterocycles. The van der Waals surface area contributed by atoms with Crippen LogP contribution in [0.1, 0.15) is 37.9 Å². The molecule has 0 saturated carbocycles. The van der Waals surface area contributed by atoms with Gasteiger partial charge in [-0.25, -0.2) is 0 Å². The van der Waals surface area contributed by atoms with Crippen molar-refractivity contribution in [1.82, 2.24) is 0 Å². The Morgan fingerprint density at radius 1 is 1.27 bits per heavy atom. The summed E-state index contributed by atoms with van der Waals surface area (Å²) in [5, 5.41) is 0.258. The van der Waals surface area contributed by atoms with Crippen molar-refractivity contribution in [2.45, 2.75) is 43.8 Å². The van der Waals surface area contributed by atoms with E-state index in [0.717, 1.165) is 19.3 Å². The van der Waals surface area contributed by atoms with E-state index in [4.69, 9.17) is 16.3 Å². The first-order valence-electron chi connectivity index (χ1n) is 5.64. The molecule has 1 aliphatic rings. The first-order valence-corrected chi connectivity index (χ1v) is 6.07. The van der Waals surface area contributed by atoms with Gasteiger partial charge in [0.25, 0.3) is 0 Å². The molecule has 2 heteroatoms. The van der Waals surface area contributed by atoms with Crippen molar-refractivity contribution < 1.29 is 4.74 Å². The maximum Gasteiger partial charge on any atom is 0.0842 e. The number of hydrogen-bond acceptors (Lipinski definition) is 1. The summed E-state index contributed by atoms with van der Waals surface area (Å²) in [4.78, 5) is 0. The van der Waals surface area contributed by atoms with Crippen LogP contribution in [0.5, 0.6) is 0 Å². The number of ether oxygens (including phenoxy) is 1. The standard InChI is InChI=1S/C13H17ClO/c1-2-12-8-11(14)9-13(15-12)10-6-4-3-5-7-10/h3-7,11-13H,2,8-9H2,1H3. The molecular formula is C13H17ClO. The third-order valence-electron chi connectivity index (χ3n) is 2.97. The number of hydrogen-bond donors (Lipinski definition) is 0. The van der Waals surface area contributed by atoms with E-state index >= 15 is 0 Å². The van der Waals surface area contributed by atoms with E-state index in [1.807, 2.05) is 6.07 Å². The quantitative estimate of drug-likeness (QED) is 0.692. The van der Waals surface area contributed by atoms with E-state index in [1.165, 1.54) is 5.56 Å². The molecule has 1 aromatic carbocycles. The predicted octanol–water partition coefficient (Wildman–Crippen LogP) is 3.92. The molecule has 1 nitrogen and oxygen atoms in total. The Morgan fingerprint density at radius 3 is 2.67 bits per heavy atom. The molecule has 15 heavy (non-hydrogen) atoms. The molecule has 0 aromatic heterocycles. The van der Waals surface area contributed by atoms with Gasteiger partial charge in [0.2, 0.25) is 0 Å². The van der Waals surface area contributed by atoms with E-state index < -0.39 is 0 Å². The Labute approximate surface area is 96.4 Å². The van der Waals surface area contributed by atoms with Gasteiger partial charge in [0, 0.05) is 5.38 Å². The van der Waals surface area contributed by atoms with Crippen LogP contribution in [0.25, 0.3) is 0 Å². The first-order chi connectivity index (χ1) is 7.29. The predicted molar refractivity (Wildman–Crippen MR) is 63.2 cm³/mol. The average molecular weight is 225 g/mol. The fraction of sp³-hybridized carbons (Fsp3) is 0.538. The summed E-state index contributed by atoms with van der Waals surface area (Å²) in [7, 11) is 0. The van der Waals surface area contributed by atoms with Crippen molar-refractivity contribution in [3.63, 3.8) is 0 Å². The topological polar surface area (TPSA) is 9.23 Å². The van der Waals surface area contributed by atoms with Crippen molar-refractivity contribution in [3.8, 4) is 0 Å². The zero-order valence-electron chi connectivity index (χ0n) is 9.03. The van der Waals surface area contributed by atoms with Gasteiger partial charge in [0.15, 0.2) is 0 Å². The molecule has 0 spiro atoms. The van der Waals surface area contributed by atoms with Gasteiger partial charge in [-0.2, -0.15) is 0 Å². The highest BCUT2D eigenvalue weighted by Crippen LogP contribution is 2.34. The van der Waals surface area contributed by atoms with Gasteiger partial charge < -0.3 is 4.74 Å². The summed E-state index contributed by atoms with van der Waals surface area (Å²) in [6.07, 6.45) is 3.48. The molecular weight excluding hydrogens is 208 g/mol. The van der Waals surface area contributed by atoms with Gasteiger partial charge >= 0.3 is 0 Å². The van der Waals surface area contributed by atoms with E-state index in [-0.39, 0.29) is 11.5 Å². The van der Waals surface area contributed by atoms with Crippen molar-refractivity contribution in [1.29, 1.82) is 0 Å². The second-order valence-corrected chi connectivity index (χ2v) is 4.75. The monoisotopic (exact) mass is 224 g/mol. The normalized spacial score (nSPS) is 31.5. The lowest BCUT2D eigenvalue weighted by Crippen LogP contribution is -2.28. The van der Waals surface area contributed by atoms with Gasteiger partial charge in [-0.15, -0.1) is 11.6 Å². The molecule has 2 rings (SSSR count). The maximum atomic E-state index is 6.25. The number of rotatable bonds is 2. The SMILES string of the molecule is CCC1CC(Cl)CC(c2ccccc2)O1. The van der Waals surface area contributed by atoms with Crippen LogP contribution in [0.3, 0.4) is 0 Å². The Kier molecular flexibility index (Phi) is 3.66. The van der Waals surface area contributed by atoms with Crippen LogP contribution in [-0.2, 0) is 4.74 Å². The molecule has 1 aliphatic heterocycles. The second kappa shape index (κ2) is 5.00. The van der Waals surface area contributed by atoms with Crippen LogP contribution in [0.15, 0.2) is 30.3 Å². The summed E-state index contributed by atoms with van der Waals surface area (Å²) >= 11 is 6.25. The minimum Gasteiger partial charge on any atom is -0.370 e. The lowest BCUT2D eigenvalue weighted by atomic mass is 9.97. The van der Waals surface area contributed by atoms with Crippen LogP contribution >= 0.6 is 11.6 Å². The third kappa shape index (κ3) is 2.73. The highest BCUT2D eigenvalue weighted by atomic mass is 35.5. The highest BCUT2D eigenvalue weighted by molar-refractivity contribution is 6.20. The molecule has 0 radical (unpaired) electrons. The first kappa shape index (κ1) is 11.0. The van der Waals surface area contributed by atoms with Gasteiger partial charge in [-0.05, 0) is 24.8 Å². The largest absolute Gasteiger partial charge is 0.370 e. The van der Waals surface area contributed by atoms with Crippen LogP contribution in [0.4, 0.5) is 0 Å². The summed E-state index contributed by atoms with van der Waals surface area (Å²) in [5.74, 6) is 0. The fourth-order valence-electron chi connectivity index (χ4n) is 2.10.